The zero-order valence-corrected chi connectivity index (χ0v) is 4.81. The third kappa shape index (κ3) is 3.02. The Morgan fingerprint density at radius 2 is 1.88 bits per heavy atom. The molecule has 6 nitrogen and oxygen atoms in total. The van der Waals surface area contributed by atoms with Gasteiger partial charge in [-0.15, -0.1) is 0 Å². The fraction of sp³-hybridized carbons (Fsp3) is 1.00. The van der Waals surface area contributed by atoms with Gasteiger partial charge in [0.1, 0.15) is 0 Å². The van der Waals surface area contributed by atoms with Crippen LogP contribution >= 0.6 is 0 Å². The first-order valence-corrected chi connectivity index (χ1v) is 2.92. The van der Waals surface area contributed by atoms with Crippen molar-refractivity contribution in [2.24, 2.45) is 11.7 Å². The molecule has 1 heterocycles. The molecule has 7 heteroatoms. The average molecular weight is 140 g/mol. The molecule has 1 rings (SSSR count). The molecule has 1 saturated heterocycles. The number of hydrogen-bond donors (Lipinski definition) is 5. The number of hydrazine groups is 2. The Kier molecular flexibility index (Phi) is 3.87. The highest BCUT2D eigenvalue weighted by Gasteiger charge is 2.24. The van der Waals surface area contributed by atoms with Gasteiger partial charge in [0.05, 0.1) is 0 Å². The summed E-state index contributed by atoms with van der Waals surface area (Å²) in [7, 11) is 0. The van der Waals surface area contributed by atoms with Gasteiger partial charge in [0.2, 0.25) is 0 Å². The van der Waals surface area contributed by atoms with Crippen LogP contribution in [0.5, 0.6) is 0 Å². The molecule has 0 saturated carbocycles. The minimum atomic E-state index is -1.73. The quantitative estimate of drug-likeness (QED) is 0.117. The lowest BCUT2D eigenvalue weighted by Crippen LogP contribution is -2.02. The van der Waals surface area contributed by atoms with Crippen LogP contribution in [0.2, 0.25) is 0 Å². The first kappa shape index (κ1) is 7.95. The molecule has 0 aromatic rings. The van der Waals surface area contributed by atoms with Crippen molar-refractivity contribution < 1.29 is 8.76 Å². The largest absolute Gasteiger partial charge is 0.304 e. The fourth-order valence-electron chi connectivity index (χ4n) is 0.135. The first-order chi connectivity index (χ1) is 3.80. The molecule has 0 amide bonds. The summed E-state index contributed by atoms with van der Waals surface area (Å²) in [6, 6.07) is 0. The monoisotopic (exact) mass is 140 g/mol. The molecule has 1 atom stereocenters. The Labute approximate surface area is 48.8 Å². The molecule has 0 aromatic carbocycles. The van der Waals surface area contributed by atoms with Crippen molar-refractivity contribution >= 4 is 11.1 Å². The number of rotatable bonds is 1. The maximum Gasteiger partial charge on any atom is 0.188 e. The van der Waals surface area contributed by atoms with Crippen LogP contribution in [0.1, 0.15) is 0 Å². The van der Waals surface area contributed by atoms with Gasteiger partial charge in [-0.05, 0) is 0 Å². The summed E-state index contributed by atoms with van der Waals surface area (Å²) < 4.78 is 17.8. The summed E-state index contributed by atoms with van der Waals surface area (Å²) in [4.78, 5) is 0. The molecule has 0 radical (unpaired) electrons. The standard InChI is InChI=1S/CH4N2O2S.H4N2/c4-6(5)1-2-3-1;1-2/h1-3H,(H,4,5);1-2H2. The van der Waals surface area contributed by atoms with Crippen LogP contribution < -0.4 is 22.5 Å². The third-order valence-electron chi connectivity index (χ3n) is 0.464. The normalized spacial score (nSPS) is 20.9. The second-order valence-corrected chi connectivity index (χ2v) is 1.97. The molecule has 0 bridgehead atoms. The van der Waals surface area contributed by atoms with Gasteiger partial charge in [-0.3, -0.25) is 11.7 Å². The molecule has 8 heavy (non-hydrogen) atoms. The highest BCUT2D eigenvalue weighted by Crippen LogP contribution is 1.89. The summed E-state index contributed by atoms with van der Waals surface area (Å²) in [6.07, 6.45) is 0. The van der Waals surface area contributed by atoms with Gasteiger partial charge in [0.25, 0.3) is 0 Å². The fourth-order valence-corrected chi connectivity index (χ4v) is 0.405. The zero-order chi connectivity index (χ0) is 6.57. The van der Waals surface area contributed by atoms with Crippen LogP contribution in [0, 0.1) is 0 Å². The Hall–Kier alpha value is -0.0500. The SMILES string of the molecule is NN.O=S(O)C1NN1. The second kappa shape index (κ2) is 3.89. The minimum absolute atomic E-state index is 0.370. The molecule has 0 aromatic heterocycles. The highest BCUT2D eigenvalue weighted by molar-refractivity contribution is 7.80. The van der Waals surface area contributed by atoms with Gasteiger partial charge >= 0.3 is 0 Å². The van der Waals surface area contributed by atoms with Crippen LogP contribution in [0.25, 0.3) is 0 Å². The van der Waals surface area contributed by atoms with Crippen LogP contribution in [-0.2, 0) is 11.1 Å². The topological polar surface area (TPSA) is 133 Å². The number of nitrogens with two attached hydrogens (primary N) is 2. The summed E-state index contributed by atoms with van der Waals surface area (Å²) in [5, 5.41) is 0. The lowest BCUT2D eigenvalue weighted by molar-refractivity contribution is 0.561. The Morgan fingerprint density at radius 1 is 1.50 bits per heavy atom. The highest BCUT2D eigenvalue weighted by atomic mass is 32.2. The maximum atomic E-state index is 9.75. The van der Waals surface area contributed by atoms with E-state index in [4.69, 9.17) is 4.55 Å². The molecule has 1 aliphatic rings. The van der Waals surface area contributed by atoms with E-state index in [9.17, 15) is 4.21 Å². The van der Waals surface area contributed by atoms with E-state index in [1.165, 1.54) is 0 Å². The summed E-state index contributed by atoms with van der Waals surface area (Å²) >= 11 is -1.73. The van der Waals surface area contributed by atoms with Gasteiger partial charge in [-0.1, -0.05) is 0 Å². The second-order valence-electron chi connectivity index (χ2n) is 0.945. The van der Waals surface area contributed by atoms with E-state index in [2.05, 4.69) is 22.5 Å². The molecule has 1 unspecified atom stereocenters. The first-order valence-electron chi connectivity index (χ1n) is 1.75. The van der Waals surface area contributed by atoms with E-state index >= 15 is 0 Å². The lowest BCUT2D eigenvalue weighted by Gasteiger charge is -1.73. The van der Waals surface area contributed by atoms with E-state index in [1.807, 2.05) is 0 Å². The van der Waals surface area contributed by atoms with Crippen molar-refractivity contribution in [1.82, 2.24) is 10.9 Å². The van der Waals surface area contributed by atoms with Crippen molar-refractivity contribution in [1.29, 1.82) is 0 Å². The number of nitrogens with one attached hydrogen (secondary N) is 2. The average Bonchev–Trinajstić information content (AvgIpc) is 2.50. The van der Waals surface area contributed by atoms with Crippen LogP contribution in [-0.4, -0.2) is 14.3 Å². The summed E-state index contributed by atoms with van der Waals surface area (Å²) in [6.45, 7) is 0. The van der Waals surface area contributed by atoms with Crippen molar-refractivity contribution in [2.45, 2.75) is 5.50 Å². The molecule has 1 aliphatic heterocycles. The van der Waals surface area contributed by atoms with Crippen LogP contribution in [0.4, 0.5) is 0 Å². The van der Waals surface area contributed by atoms with Crippen LogP contribution in [0.3, 0.4) is 0 Å². The Bertz CT molecular complexity index is 82.1. The van der Waals surface area contributed by atoms with Crippen LogP contribution in [0.15, 0.2) is 0 Å². The molecule has 0 spiro atoms. The summed E-state index contributed by atoms with van der Waals surface area (Å²) in [5.41, 5.74) is 4.50. The molecule has 0 aliphatic carbocycles. The molecular formula is CH8N4O2S. The molecule has 1 fully saturated rings. The predicted octanol–water partition coefficient (Wildman–Crippen LogP) is -2.58. The van der Waals surface area contributed by atoms with E-state index in [0.29, 0.717) is 0 Å². The van der Waals surface area contributed by atoms with Gasteiger partial charge in [-0.2, -0.15) is 0 Å². The van der Waals surface area contributed by atoms with Crippen molar-refractivity contribution in [3.05, 3.63) is 0 Å². The van der Waals surface area contributed by atoms with Gasteiger partial charge in [0.15, 0.2) is 16.6 Å². The van der Waals surface area contributed by atoms with E-state index in [0.717, 1.165) is 0 Å². The predicted molar refractivity (Wildman–Crippen MR) is 29.2 cm³/mol. The summed E-state index contributed by atoms with van der Waals surface area (Å²) in [5.74, 6) is 8.00. The Morgan fingerprint density at radius 3 is 1.88 bits per heavy atom. The molecular weight excluding hydrogens is 132 g/mol. The smallest absolute Gasteiger partial charge is 0.188 e. The third-order valence-corrected chi connectivity index (χ3v) is 1.10. The van der Waals surface area contributed by atoms with Crippen molar-refractivity contribution in [2.75, 3.05) is 0 Å². The van der Waals surface area contributed by atoms with Crippen molar-refractivity contribution in [3.8, 4) is 0 Å². The maximum absolute atomic E-state index is 9.75. The van der Waals surface area contributed by atoms with Crippen molar-refractivity contribution in [3.63, 3.8) is 0 Å². The van der Waals surface area contributed by atoms with Gasteiger partial charge in [-0.25, -0.2) is 15.1 Å². The van der Waals surface area contributed by atoms with E-state index in [1.54, 1.807) is 0 Å². The van der Waals surface area contributed by atoms with Gasteiger partial charge < -0.3 is 4.55 Å². The Balaban J connectivity index is 0.000000222. The lowest BCUT2D eigenvalue weighted by atomic mass is 11.4. The zero-order valence-electron chi connectivity index (χ0n) is 4.00. The van der Waals surface area contributed by atoms with E-state index in [-0.39, 0.29) is 5.50 Å². The molecule has 7 N–H and O–H groups in total. The molecule has 50 valence electrons. The minimum Gasteiger partial charge on any atom is -0.304 e. The number of hydrogen-bond acceptors (Lipinski definition) is 5. The van der Waals surface area contributed by atoms with E-state index < -0.39 is 11.1 Å². The van der Waals surface area contributed by atoms with Gasteiger partial charge in [0, 0.05) is 0 Å².